The summed E-state index contributed by atoms with van der Waals surface area (Å²) in [5.74, 6) is -0.496. The Morgan fingerprint density at radius 2 is 2.05 bits per heavy atom. The van der Waals surface area contributed by atoms with Gasteiger partial charge in [-0.3, -0.25) is 9.59 Å². The van der Waals surface area contributed by atoms with Crippen molar-refractivity contribution in [3.05, 3.63) is 24.3 Å². The average molecular weight is 313 g/mol. The molecule has 20 heavy (non-hydrogen) atoms. The van der Waals surface area contributed by atoms with Crippen molar-refractivity contribution >= 4 is 46.4 Å². The van der Waals surface area contributed by atoms with Crippen molar-refractivity contribution in [3.8, 4) is 0 Å². The van der Waals surface area contributed by atoms with E-state index < -0.39 is 4.33 Å². The minimum absolute atomic E-state index is 0.0853. The maximum absolute atomic E-state index is 12.1. The van der Waals surface area contributed by atoms with Crippen LogP contribution in [0.4, 0.5) is 11.4 Å². The highest BCUT2D eigenvalue weighted by atomic mass is 35.5. The minimum Gasteiger partial charge on any atom is -0.324 e. The van der Waals surface area contributed by atoms with Crippen LogP contribution in [0.5, 0.6) is 0 Å². The Labute approximate surface area is 127 Å². The quantitative estimate of drug-likeness (QED) is 0.872. The van der Waals surface area contributed by atoms with E-state index in [1.165, 1.54) is 0 Å². The topological polar surface area (TPSA) is 49.4 Å². The Morgan fingerprint density at radius 3 is 2.65 bits per heavy atom. The van der Waals surface area contributed by atoms with Gasteiger partial charge in [0.25, 0.3) is 0 Å². The summed E-state index contributed by atoms with van der Waals surface area (Å²) in [6.45, 7) is 0.685. The summed E-state index contributed by atoms with van der Waals surface area (Å²) in [7, 11) is 0. The fraction of sp³-hybridized carbons (Fsp3) is 0.429. The number of nitrogens with one attached hydrogen (secondary N) is 1. The van der Waals surface area contributed by atoms with E-state index in [-0.39, 0.29) is 17.7 Å². The van der Waals surface area contributed by atoms with Crippen LogP contribution >= 0.6 is 23.2 Å². The number of hydrogen-bond donors (Lipinski definition) is 1. The van der Waals surface area contributed by atoms with Gasteiger partial charge in [-0.05, 0) is 25.0 Å². The SMILES string of the molecule is O=C(Nc1ccccc1N1CCCC1=O)[C@H]1CC1(Cl)Cl. The van der Waals surface area contributed by atoms with Crippen molar-refractivity contribution in [2.24, 2.45) is 5.92 Å². The van der Waals surface area contributed by atoms with Gasteiger partial charge >= 0.3 is 0 Å². The predicted octanol–water partition coefficient (Wildman–Crippen LogP) is 2.95. The molecule has 1 aromatic rings. The normalized spacial score (nSPS) is 23.8. The number of alkyl halides is 2. The Balaban J connectivity index is 1.80. The molecule has 0 aromatic heterocycles. The molecular weight excluding hydrogens is 299 g/mol. The number of benzene rings is 1. The number of anilines is 2. The number of halogens is 2. The van der Waals surface area contributed by atoms with Crippen molar-refractivity contribution in [1.29, 1.82) is 0 Å². The lowest BCUT2D eigenvalue weighted by atomic mass is 10.2. The van der Waals surface area contributed by atoms with E-state index in [1.807, 2.05) is 18.2 Å². The number of hydrogen-bond acceptors (Lipinski definition) is 2. The maximum atomic E-state index is 12.1. The van der Waals surface area contributed by atoms with Crippen LogP contribution in [0.15, 0.2) is 24.3 Å². The van der Waals surface area contributed by atoms with Gasteiger partial charge in [0, 0.05) is 13.0 Å². The van der Waals surface area contributed by atoms with E-state index in [0.29, 0.717) is 25.1 Å². The van der Waals surface area contributed by atoms with Crippen molar-refractivity contribution in [2.45, 2.75) is 23.6 Å². The molecular formula is C14H14Cl2N2O2. The molecule has 4 nitrogen and oxygen atoms in total. The zero-order valence-electron chi connectivity index (χ0n) is 10.7. The first-order valence-corrected chi connectivity index (χ1v) is 7.33. The number of carbonyl (C=O) groups excluding carboxylic acids is 2. The summed E-state index contributed by atoms with van der Waals surface area (Å²) in [6, 6.07) is 7.29. The summed E-state index contributed by atoms with van der Waals surface area (Å²) < 4.78 is -0.942. The first-order valence-electron chi connectivity index (χ1n) is 6.57. The molecule has 0 unspecified atom stereocenters. The second-order valence-electron chi connectivity index (χ2n) is 5.17. The second kappa shape index (κ2) is 4.93. The molecule has 1 aliphatic heterocycles. The smallest absolute Gasteiger partial charge is 0.230 e. The third-order valence-corrected chi connectivity index (χ3v) is 4.50. The highest BCUT2D eigenvalue weighted by molar-refractivity contribution is 6.52. The van der Waals surface area contributed by atoms with Crippen molar-refractivity contribution in [3.63, 3.8) is 0 Å². The van der Waals surface area contributed by atoms with Gasteiger partial charge in [0.2, 0.25) is 11.8 Å². The van der Waals surface area contributed by atoms with Crippen LogP contribution in [0.2, 0.25) is 0 Å². The van der Waals surface area contributed by atoms with Crippen LogP contribution in [0.3, 0.4) is 0 Å². The zero-order valence-corrected chi connectivity index (χ0v) is 12.2. The highest BCUT2D eigenvalue weighted by Crippen LogP contribution is 2.53. The van der Waals surface area contributed by atoms with Gasteiger partial charge in [0.1, 0.15) is 4.33 Å². The fourth-order valence-electron chi connectivity index (χ4n) is 2.44. The fourth-order valence-corrected chi connectivity index (χ4v) is 2.94. The van der Waals surface area contributed by atoms with Crippen LogP contribution < -0.4 is 10.2 Å². The molecule has 1 heterocycles. The number of rotatable bonds is 3. The largest absolute Gasteiger partial charge is 0.324 e. The van der Waals surface area contributed by atoms with Gasteiger partial charge in [-0.2, -0.15) is 0 Å². The van der Waals surface area contributed by atoms with Crippen molar-refractivity contribution < 1.29 is 9.59 Å². The van der Waals surface area contributed by atoms with Gasteiger partial charge < -0.3 is 10.2 Å². The summed E-state index contributed by atoms with van der Waals surface area (Å²) in [5.41, 5.74) is 1.36. The van der Waals surface area contributed by atoms with E-state index in [0.717, 1.165) is 12.1 Å². The van der Waals surface area contributed by atoms with Crippen molar-refractivity contribution in [1.82, 2.24) is 0 Å². The number of para-hydroxylation sites is 2. The van der Waals surface area contributed by atoms with Gasteiger partial charge in [-0.15, -0.1) is 23.2 Å². The molecule has 1 aromatic carbocycles. The Hall–Kier alpha value is -1.26. The summed E-state index contributed by atoms with van der Waals surface area (Å²) in [6.07, 6.45) is 1.86. The van der Waals surface area contributed by atoms with E-state index in [1.54, 1.807) is 11.0 Å². The van der Waals surface area contributed by atoms with Gasteiger partial charge in [-0.25, -0.2) is 0 Å². The number of carbonyl (C=O) groups is 2. The molecule has 0 spiro atoms. The molecule has 1 N–H and O–H groups in total. The molecule has 2 fully saturated rings. The van der Waals surface area contributed by atoms with Gasteiger partial charge in [0.15, 0.2) is 0 Å². The predicted molar refractivity (Wildman–Crippen MR) is 79.2 cm³/mol. The molecule has 1 aliphatic carbocycles. The Kier molecular flexibility index (Phi) is 3.38. The van der Waals surface area contributed by atoms with Crippen LogP contribution in [0, 0.1) is 5.92 Å². The third-order valence-electron chi connectivity index (χ3n) is 3.67. The monoisotopic (exact) mass is 312 g/mol. The van der Waals surface area contributed by atoms with E-state index >= 15 is 0 Å². The standard InChI is InChI=1S/C14H14Cl2N2O2/c15-14(16)8-9(14)13(20)17-10-4-1-2-5-11(10)18-7-3-6-12(18)19/h1-2,4-5,9H,3,6-8H2,(H,17,20)/t9-/m1/s1. The molecule has 0 radical (unpaired) electrons. The molecule has 3 rings (SSSR count). The van der Waals surface area contributed by atoms with E-state index in [4.69, 9.17) is 23.2 Å². The number of nitrogens with zero attached hydrogens (tertiary/aromatic N) is 1. The average Bonchev–Trinajstić information content (AvgIpc) is 2.84. The molecule has 1 saturated carbocycles. The molecule has 6 heteroatoms. The Bertz CT molecular complexity index is 574. The summed E-state index contributed by atoms with van der Waals surface area (Å²) in [4.78, 5) is 25.6. The highest BCUT2D eigenvalue weighted by Gasteiger charge is 2.56. The third kappa shape index (κ3) is 2.50. The van der Waals surface area contributed by atoms with Crippen molar-refractivity contribution in [2.75, 3.05) is 16.8 Å². The van der Waals surface area contributed by atoms with Crippen LogP contribution in [0.1, 0.15) is 19.3 Å². The van der Waals surface area contributed by atoms with Crippen LogP contribution in [0.25, 0.3) is 0 Å². The lowest BCUT2D eigenvalue weighted by Crippen LogP contribution is -2.26. The lowest BCUT2D eigenvalue weighted by molar-refractivity contribution is -0.118. The summed E-state index contributed by atoms with van der Waals surface area (Å²) in [5, 5.41) is 2.82. The zero-order chi connectivity index (χ0) is 14.3. The molecule has 1 saturated heterocycles. The van der Waals surface area contributed by atoms with Crippen LogP contribution in [-0.4, -0.2) is 22.7 Å². The first-order chi connectivity index (χ1) is 9.49. The van der Waals surface area contributed by atoms with Gasteiger partial charge in [-0.1, -0.05) is 12.1 Å². The Morgan fingerprint density at radius 1 is 1.35 bits per heavy atom. The van der Waals surface area contributed by atoms with E-state index in [9.17, 15) is 9.59 Å². The molecule has 2 amide bonds. The first kappa shape index (κ1) is 13.7. The molecule has 0 bridgehead atoms. The molecule has 106 valence electrons. The summed E-state index contributed by atoms with van der Waals surface area (Å²) >= 11 is 11.8. The lowest BCUT2D eigenvalue weighted by Gasteiger charge is -2.20. The molecule has 2 aliphatic rings. The van der Waals surface area contributed by atoms with Gasteiger partial charge in [0.05, 0.1) is 17.3 Å². The minimum atomic E-state index is -0.942. The van der Waals surface area contributed by atoms with E-state index in [2.05, 4.69) is 5.32 Å². The van der Waals surface area contributed by atoms with Crippen LogP contribution in [-0.2, 0) is 9.59 Å². The maximum Gasteiger partial charge on any atom is 0.230 e. The molecule has 1 atom stereocenters. The number of amides is 2. The second-order valence-corrected chi connectivity index (χ2v) is 6.72.